The van der Waals surface area contributed by atoms with Gasteiger partial charge in [-0.2, -0.15) is 11.3 Å². The van der Waals surface area contributed by atoms with Gasteiger partial charge < -0.3 is 5.73 Å². The zero-order chi connectivity index (χ0) is 9.97. The van der Waals surface area contributed by atoms with Crippen LogP contribution in [0.1, 0.15) is 5.56 Å². The molecule has 0 aliphatic rings. The minimum absolute atomic E-state index is 0.477. The minimum atomic E-state index is 0.477. The molecule has 2 rings (SSSR count). The highest BCUT2D eigenvalue weighted by Gasteiger charge is 2.06. The van der Waals surface area contributed by atoms with Crippen LogP contribution >= 0.6 is 22.9 Å². The van der Waals surface area contributed by atoms with Crippen LogP contribution in [0, 0.1) is 0 Å². The number of nitrogens with two attached hydrogens (primary N) is 1. The molecule has 0 radical (unpaired) electrons. The van der Waals surface area contributed by atoms with Crippen LogP contribution in [0.5, 0.6) is 0 Å². The molecule has 0 unspecified atom stereocenters. The molecule has 1 heterocycles. The van der Waals surface area contributed by atoms with Crippen molar-refractivity contribution in [2.75, 3.05) is 0 Å². The van der Waals surface area contributed by atoms with Crippen molar-refractivity contribution in [3.63, 3.8) is 0 Å². The average Bonchev–Trinajstić information content (AvgIpc) is 2.70. The lowest BCUT2D eigenvalue weighted by Crippen LogP contribution is -1.99. The summed E-state index contributed by atoms with van der Waals surface area (Å²) < 4.78 is 0. The lowest BCUT2D eigenvalue weighted by molar-refractivity contribution is 1.07. The van der Waals surface area contributed by atoms with E-state index in [0.717, 1.165) is 16.1 Å². The van der Waals surface area contributed by atoms with Gasteiger partial charge in [-0.15, -0.1) is 0 Å². The number of rotatable bonds is 2. The number of thiophene rings is 1. The van der Waals surface area contributed by atoms with E-state index in [1.54, 1.807) is 11.3 Å². The summed E-state index contributed by atoms with van der Waals surface area (Å²) >= 11 is 7.75. The SMILES string of the molecule is NCc1c(Cl)cccc1-c1ccsc1. The second-order valence-electron chi connectivity index (χ2n) is 2.98. The first kappa shape index (κ1) is 9.71. The highest BCUT2D eigenvalue weighted by molar-refractivity contribution is 7.08. The predicted octanol–water partition coefficient (Wildman–Crippen LogP) is 3.53. The Morgan fingerprint density at radius 2 is 2.14 bits per heavy atom. The third-order valence-electron chi connectivity index (χ3n) is 2.16. The molecule has 0 amide bonds. The van der Waals surface area contributed by atoms with Crippen LogP contribution in [-0.2, 0) is 6.54 Å². The summed E-state index contributed by atoms with van der Waals surface area (Å²) in [5.74, 6) is 0. The quantitative estimate of drug-likeness (QED) is 0.828. The Hall–Kier alpha value is -0.830. The number of hydrogen-bond donors (Lipinski definition) is 1. The second-order valence-corrected chi connectivity index (χ2v) is 4.17. The molecule has 0 spiro atoms. The van der Waals surface area contributed by atoms with Gasteiger partial charge in [0.05, 0.1) is 0 Å². The van der Waals surface area contributed by atoms with Crippen LogP contribution in [0.15, 0.2) is 35.0 Å². The summed E-state index contributed by atoms with van der Waals surface area (Å²) in [7, 11) is 0. The fourth-order valence-corrected chi connectivity index (χ4v) is 2.36. The molecule has 1 aromatic carbocycles. The molecular formula is C11H10ClNS. The molecule has 0 bridgehead atoms. The monoisotopic (exact) mass is 223 g/mol. The highest BCUT2D eigenvalue weighted by atomic mass is 35.5. The lowest BCUT2D eigenvalue weighted by Gasteiger charge is -2.07. The molecule has 0 aliphatic carbocycles. The van der Waals surface area contributed by atoms with E-state index in [4.69, 9.17) is 17.3 Å². The first-order valence-corrected chi connectivity index (χ1v) is 5.65. The van der Waals surface area contributed by atoms with Crippen molar-refractivity contribution in [1.29, 1.82) is 0 Å². The van der Waals surface area contributed by atoms with Crippen LogP contribution in [-0.4, -0.2) is 0 Å². The molecule has 1 nitrogen and oxygen atoms in total. The molecule has 72 valence electrons. The van der Waals surface area contributed by atoms with Crippen LogP contribution in [0.2, 0.25) is 5.02 Å². The molecule has 0 saturated carbocycles. The van der Waals surface area contributed by atoms with Gasteiger partial charge in [0.2, 0.25) is 0 Å². The van der Waals surface area contributed by atoms with Crippen molar-refractivity contribution in [2.45, 2.75) is 6.54 Å². The van der Waals surface area contributed by atoms with E-state index in [-0.39, 0.29) is 0 Å². The number of halogens is 1. The van der Waals surface area contributed by atoms with E-state index < -0.39 is 0 Å². The smallest absolute Gasteiger partial charge is 0.0457 e. The number of benzene rings is 1. The molecule has 0 aliphatic heterocycles. The van der Waals surface area contributed by atoms with Crippen molar-refractivity contribution in [3.8, 4) is 11.1 Å². The van der Waals surface area contributed by atoms with Crippen LogP contribution < -0.4 is 5.73 Å². The van der Waals surface area contributed by atoms with Crippen molar-refractivity contribution in [1.82, 2.24) is 0 Å². The van der Waals surface area contributed by atoms with Gasteiger partial charge in [0, 0.05) is 11.6 Å². The van der Waals surface area contributed by atoms with Crippen LogP contribution in [0.3, 0.4) is 0 Å². The Bertz CT molecular complexity index is 423. The lowest BCUT2D eigenvalue weighted by atomic mass is 10.0. The first-order chi connectivity index (χ1) is 6.83. The average molecular weight is 224 g/mol. The predicted molar refractivity (Wildman–Crippen MR) is 62.7 cm³/mol. The summed E-state index contributed by atoms with van der Waals surface area (Å²) in [5.41, 5.74) is 9.03. The Morgan fingerprint density at radius 3 is 2.79 bits per heavy atom. The van der Waals surface area contributed by atoms with E-state index in [2.05, 4.69) is 22.9 Å². The van der Waals surface area contributed by atoms with Crippen molar-refractivity contribution >= 4 is 22.9 Å². The molecule has 14 heavy (non-hydrogen) atoms. The van der Waals surface area contributed by atoms with Gasteiger partial charge in [0.1, 0.15) is 0 Å². The van der Waals surface area contributed by atoms with Crippen molar-refractivity contribution in [3.05, 3.63) is 45.6 Å². The van der Waals surface area contributed by atoms with Gasteiger partial charge in [0.15, 0.2) is 0 Å². The maximum atomic E-state index is 6.07. The highest BCUT2D eigenvalue weighted by Crippen LogP contribution is 2.29. The molecular weight excluding hydrogens is 214 g/mol. The maximum Gasteiger partial charge on any atom is 0.0457 e. The molecule has 2 N–H and O–H groups in total. The van der Waals surface area contributed by atoms with Gasteiger partial charge in [-0.3, -0.25) is 0 Å². The Morgan fingerprint density at radius 1 is 1.29 bits per heavy atom. The van der Waals surface area contributed by atoms with E-state index in [1.807, 2.05) is 12.1 Å². The van der Waals surface area contributed by atoms with E-state index in [9.17, 15) is 0 Å². The third kappa shape index (κ3) is 1.69. The van der Waals surface area contributed by atoms with Crippen LogP contribution in [0.4, 0.5) is 0 Å². The fraction of sp³-hybridized carbons (Fsp3) is 0.0909. The Balaban J connectivity index is 2.58. The molecule has 0 atom stereocenters. The summed E-state index contributed by atoms with van der Waals surface area (Å²) in [6.07, 6.45) is 0. The van der Waals surface area contributed by atoms with Gasteiger partial charge in [0.25, 0.3) is 0 Å². The maximum absolute atomic E-state index is 6.07. The summed E-state index contributed by atoms with van der Waals surface area (Å²) in [5, 5.41) is 4.90. The fourth-order valence-electron chi connectivity index (χ4n) is 1.45. The summed E-state index contributed by atoms with van der Waals surface area (Å²) in [6.45, 7) is 0.477. The number of hydrogen-bond acceptors (Lipinski definition) is 2. The second kappa shape index (κ2) is 4.13. The normalized spacial score (nSPS) is 10.4. The van der Waals surface area contributed by atoms with Gasteiger partial charge in [-0.1, -0.05) is 23.7 Å². The van der Waals surface area contributed by atoms with Crippen LogP contribution in [0.25, 0.3) is 11.1 Å². The first-order valence-electron chi connectivity index (χ1n) is 4.33. The molecule has 1 aromatic heterocycles. The summed E-state index contributed by atoms with van der Waals surface area (Å²) in [6, 6.07) is 7.96. The Labute approximate surface area is 92.1 Å². The standard InChI is InChI=1S/C11H10ClNS/c12-11-3-1-2-9(10(11)6-13)8-4-5-14-7-8/h1-5,7H,6,13H2. The van der Waals surface area contributed by atoms with Crippen molar-refractivity contribution < 1.29 is 0 Å². The topological polar surface area (TPSA) is 26.0 Å². The summed E-state index contributed by atoms with van der Waals surface area (Å²) in [4.78, 5) is 0. The van der Waals surface area contributed by atoms with Gasteiger partial charge >= 0.3 is 0 Å². The zero-order valence-corrected chi connectivity index (χ0v) is 9.11. The molecule has 3 heteroatoms. The van der Waals surface area contributed by atoms with Gasteiger partial charge in [-0.05, 0) is 39.6 Å². The molecule has 0 fully saturated rings. The van der Waals surface area contributed by atoms with Crippen molar-refractivity contribution in [2.24, 2.45) is 5.73 Å². The third-order valence-corrected chi connectivity index (χ3v) is 3.19. The van der Waals surface area contributed by atoms with Gasteiger partial charge in [-0.25, -0.2) is 0 Å². The van der Waals surface area contributed by atoms with E-state index in [0.29, 0.717) is 6.54 Å². The molecule has 0 saturated heterocycles. The van der Waals surface area contributed by atoms with E-state index >= 15 is 0 Å². The largest absolute Gasteiger partial charge is 0.326 e. The van der Waals surface area contributed by atoms with E-state index in [1.165, 1.54) is 5.56 Å². The zero-order valence-electron chi connectivity index (χ0n) is 7.53. The minimum Gasteiger partial charge on any atom is -0.326 e. The molecule has 2 aromatic rings. The Kier molecular flexibility index (Phi) is 2.87.